The number of nitrogens with zero attached hydrogens (tertiary/aromatic N) is 2. The lowest BCUT2D eigenvalue weighted by molar-refractivity contribution is 0.146. The van der Waals surface area contributed by atoms with Crippen molar-refractivity contribution in [3.05, 3.63) is 42.0 Å². The van der Waals surface area contributed by atoms with Gasteiger partial charge in [0, 0.05) is 4.90 Å². The highest BCUT2D eigenvalue weighted by molar-refractivity contribution is 7.98. The SMILES string of the molecule is C[C@@H](O)[C@H](N)c1nc(CSc2ccccc2)no1. The number of hydrogen-bond acceptors (Lipinski definition) is 6. The maximum Gasteiger partial charge on any atom is 0.246 e. The molecule has 2 atom stereocenters. The van der Waals surface area contributed by atoms with E-state index in [0.29, 0.717) is 11.6 Å². The number of thioether (sulfide) groups is 1. The van der Waals surface area contributed by atoms with Crippen LogP contribution in [0.3, 0.4) is 0 Å². The van der Waals surface area contributed by atoms with E-state index in [1.54, 1.807) is 18.7 Å². The van der Waals surface area contributed by atoms with Crippen molar-refractivity contribution < 1.29 is 9.63 Å². The summed E-state index contributed by atoms with van der Waals surface area (Å²) >= 11 is 1.62. The first-order valence-corrected chi connectivity index (χ1v) is 6.59. The van der Waals surface area contributed by atoms with E-state index in [1.807, 2.05) is 30.3 Å². The quantitative estimate of drug-likeness (QED) is 0.801. The molecule has 1 aromatic carbocycles. The first-order valence-electron chi connectivity index (χ1n) is 5.61. The molecule has 0 unspecified atom stereocenters. The third kappa shape index (κ3) is 3.32. The first-order chi connectivity index (χ1) is 8.66. The minimum Gasteiger partial charge on any atom is -0.391 e. The Balaban J connectivity index is 1.95. The number of benzene rings is 1. The van der Waals surface area contributed by atoms with Crippen LogP contribution in [0, 0.1) is 0 Å². The Kier molecular flexibility index (Phi) is 4.35. The van der Waals surface area contributed by atoms with Gasteiger partial charge in [0.25, 0.3) is 0 Å². The van der Waals surface area contributed by atoms with E-state index < -0.39 is 12.1 Å². The van der Waals surface area contributed by atoms with Crippen molar-refractivity contribution in [2.45, 2.75) is 29.7 Å². The van der Waals surface area contributed by atoms with E-state index >= 15 is 0 Å². The predicted molar refractivity (Wildman–Crippen MR) is 68.9 cm³/mol. The van der Waals surface area contributed by atoms with Crippen molar-refractivity contribution >= 4 is 11.8 Å². The highest BCUT2D eigenvalue weighted by Crippen LogP contribution is 2.21. The zero-order valence-electron chi connectivity index (χ0n) is 9.98. The topological polar surface area (TPSA) is 85.2 Å². The highest BCUT2D eigenvalue weighted by Gasteiger charge is 2.19. The van der Waals surface area contributed by atoms with Crippen LogP contribution < -0.4 is 5.73 Å². The maximum absolute atomic E-state index is 9.33. The zero-order valence-corrected chi connectivity index (χ0v) is 10.8. The number of nitrogens with two attached hydrogens (primary N) is 1. The summed E-state index contributed by atoms with van der Waals surface area (Å²) in [6, 6.07) is 9.34. The molecule has 2 rings (SSSR count). The van der Waals surface area contributed by atoms with Gasteiger partial charge < -0.3 is 15.4 Å². The summed E-state index contributed by atoms with van der Waals surface area (Å²) in [6.07, 6.45) is -0.708. The molecule has 18 heavy (non-hydrogen) atoms. The number of rotatable bonds is 5. The number of aromatic nitrogens is 2. The normalized spacial score (nSPS) is 14.4. The van der Waals surface area contributed by atoms with Crippen molar-refractivity contribution in [2.75, 3.05) is 0 Å². The third-order valence-corrected chi connectivity index (χ3v) is 3.41. The van der Waals surface area contributed by atoms with Gasteiger partial charge >= 0.3 is 0 Å². The van der Waals surface area contributed by atoms with E-state index in [-0.39, 0.29) is 5.89 Å². The highest BCUT2D eigenvalue weighted by atomic mass is 32.2. The molecule has 0 spiro atoms. The fourth-order valence-corrected chi connectivity index (χ4v) is 2.10. The summed E-state index contributed by atoms with van der Waals surface area (Å²) in [5, 5.41) is 13.2. The molecule has 2 aromatic rings. The van der Waals surface area contributed by atoms with Crippen LogP contribution in [0.25, 0.3) is 0 Å². The monoisotopic (exact) mass is 265 g/mol. The number of aliphatic hydroxyl groups excluding tert-OH is 1. The molecule has 0 amide bonds. The van der Waals surface area contributed by atoms with Crippen LogP contribution >= 0.6 is 11.8 Å². The van der Waals surface area contributed by atoms with Crippen LogP contribution in [0.5, 0.6) is 0 Å². The molecule has 0 bridgehead atoms. The van der Waals surface area contributed by atoms with Crippen LogP contribution in [-0.4, -0.2) is 21.4 Å². The molecule has 0 aliphatic heterocycles. The molecule has 96 valence electrons. The largest absolute Gasteiger partial charge is 0.391 e. The lowest BCUT2D eigenvalue weighted by Gasteiger charge is -2.08. The van der Waals surface area contributed by atoms with Gasteiger partial charge in [-0.15, -0.1) is 11.8 Å². The standard InChI is InChI=1S/C12H15N3O2S/c1-8(16)11(13)12-14-10(15-17-12)7-18-9-5-3-2-4-6-9/h2-6,8,11,16H,7,13H2,1H3/t8-,11+/m1/s1. The molecule has 6 heteroatoms. The van der Waals surface area contributed by atoms with E-state index in [2.05, 4.69) is 10.1 Å². The van der Waals surface area contributed by atoms with Crippen molar-refractivity contribution in [3.63, 3.8) is 0 Å². The Morgan fingerprint density at radius 2 is 2.11 bits per heavy atom. The number of hydrogen-bond donors (Lipinski definition) is 2. The smallest absolute Gasteiger partial charge is 0.246 e. The lowest BCUT2D eigenvalue weighted by atomic mass is 10.2. The van der Waals surface area contributed by atoms with Gasteiger partial charge in [-0.2, -0.15) is 4.98 Å². The average molecular weight is 265 g/mol. The van der Waals surface area contributed by atoms with Gasteiger partial charge in [0.2, 0.25) is 5.89 Å². The maximum atomic E-state index is 9.33. The summed E-state index contributed by atoms with van der Waals surface area (Å²) < 4.78 is 5.02. The van der Waals surface area contributed by atoms with E-state index in [1.165, 1.54) is 0 Å². The van der Waals surface area contributed by atoms with Gasteiger partial charge in [-0.3, -0.25) is 0 Å². The second-order valence-corrected chi connectivity index (χ2v) is 4.97. The molecule has 3 N–H and O–H groups in total. The van der Waals surface area contributed by atoms with Gasteiger partial charge in [-0.1, -0.05) is 23.4 Å². The van der Waals surface area contributed by atoms with Crippen LogP contribution in [0.4, 0.5) is 0 Å². The van der Waals surface area contributed by atoms with Crippen LogP contribution in [0.15, 0.2) is 39.8 Å². The van der Waals surface area contributed by atoms with Gasteiger partial charge in [0.1, 0.15) is 6.04 Å². The molecule has 0 aliphatic carbocycles. The Bertz CT molecular complexity index is 487. The minimum atomic E-state index is -0.708. The Morgan fingerprint density at radius 1 is 1.39 bits per heavy atom. The second kappa shape index (κ2) is 5.99. The second-order valence-electron chi connectivity index (χ2n) is 3.92. The molecular formula is C12H15N3O2S. The Morgan fingerprint density at radius 3 is 2.78 bits per heavy atom. The van der Waals surface area contributed by atoms with E-state index in [9.17, 15) is 5.11 Å². The van der Waals surface area contributed by atoms with Gasteiger partial charge in [0.05, 0.1) is 11.9 Å². The fourth-order valence-electron chi connectivity index (χ4n) is 1.33. The molecule has 1 heterocycles. The van der Waals surface area contributed by atoms with E-state index in [0.717, 1.165) is 4.90 Å². The minimum absolute atomic E-state index is 0.272. The van der Waals surface area contributed by atoms with E-state index in [4.69, 9.17) is 10.3 Å². The van der Waals surface area contributed by atoms with Crippen molar-refractivity contribution in [1.29, 1.82) is 0 Å². The fraction of sp³-hybridized carbons (Fsp3) is 0.333. The van der Waals surface area contributed by atoms with Gasteiger partial charge in [0.15, 0.2) is 5.82 Å². The van der Waals surface area contributed by atoms with Crippen molar-refractivity contribution in [3.8, 4) is 0 Å². The molecule has 0 radical (unpaired) electrons. The summed E-state index contributed by atoms with van der Waals surface area (Å²) in [7, 11) is 0. The van der Waals surface area contributed by atoms with Crippen LogP contribution in [0.2, 0.25) is 0 Å². The predicted octanol–water partition coefficient (Wildman–Crippen LogP) is 1.74. The molecule has 1 aromatic heterocycles. The zero-order chi connectivity index (χ0) is 13.0. The lowest BCUT2D eigenvalue weighted by Crippen LogP contribution is -2.23. The van der Waals surface area contributed by atoms with Crippen molar-refractivity contribution in [1.82, 2.24) is 10.1 Å². The summed E-state index contributed by atoms with van der Waals surface area (Å²) in [5.41, 5.74) is 5.71. The Hall–Kier alpha value is -1.37. The van der Waals surface area contributed by atoms with Gasteiger partial charge in [-0.25, -0.2) is 0 Å². The average Bonchev–Trinajstić information content (AvgIpc) is 2.85. The number of aliphatic hydroxyl groups is 1. The van der Waals surface area contributed by atoms with Crippen LogP contribution in [-0.2, 0) is 5.75 Å². The molecular weight excluding hydrogens is 250 g/mol. The Labute approximate surface area is 109 Å². The molecule has 0 saturated heterocycles. The van der Waals surface area contributed by atoms with Crippen molar-refractivity contribution in [2.24, 2.45) is 5.73 Å². The molecule has 0 fully saturated rings. The summed E-state index contributed by atoms with van der Waals surface area (Å²) in [5.74, 6) is 1.46. The van der Waals surface area contributed by atoms with Gasteiger partial charge in [-0.05, 0) is 19.1 Å². The van der Waals surface area contributed by atoms with Crippen LogP contribution in [0.1, 0.15) is 24.7 Å². The summed E-state index contributed by atoms with van der Waals surface area (Å²) in [4.78, 5) is 5.31. The summed E-state index contributed by atoms with van der Waals surface area (Å²) in [6.45, 7) is 1.59. The third-order valence-electron chi connectivity index (χ3n) is 2.40. The molecule has 0 saturated carbocycles. The first kappa shape index (κ1) is 13.1. The molecule has 5 nitrogen and oxygen atoms in total. The molecule has 0 aliphatic rings.